The van der Waals surface area contributed by atoms with Crippen molar-refractivity contribution in [3.63, 3.8) is 0 Å². The van der Waals surface area contributed by atoms with Gasteiger partial charge in [-0.15, -0.1) is 0 Å². The van der Waals surface area contributed by atoms with Crippen LogP contribution in [0.5, 0.6) is 5.75 Å². The van der Waals surface area contributed by atoms with Crippen molar-refractivity contribution in [1.29, 1.82) is 0 Å². The molecule has 0 saturated carbocycles. The predicted octanol–water partition coefficient (Wildman–Crippen LogP) is 1.92. The molecule has 0 radical (unpaired) electrons. The number of aliphatic hydroxyl groups excluding tert-OH is 1. The fourth-order valence-electron chi connectivity index (χ4n) is 2.92. The number of rotatable bonds is 6. The van der Waals surface area contributed by atoms with Crippen LogP contribution in [-0.2, 0) is 6.61 Å². The van der Waals surface area contributed by atoms with Crippen LogP contribution in [0.3, 0.4) is 0 Å². The summed E-state index contributed by atoms with van der Waals surface area (Å²) in [5, 5.41) is 8.99. The van der Waals surface area contributed by atoms with E-state index in [2.05, 4.69) is 4.90 Å². The maximum absolute atomic E-state index is 12.6. The first-order valence-electron chi connectivity index (χ1n) is 8.57. The van der Waals surface area contributed by atoms with Crippen molar-refractivity contribution in [3.05, 3.63) is 53.5 Å². The number of piperazine rings is 1. The van der Waals surface area contributed by atoms with E-state index < -0.39 is 0 Å². The molecule has 1 aliphatic rings. The van der Waals surface area contributed by atoms with Gasteiger partial charge in [0.05, 0.1) is 6.61 Å². The highest BCUT2D eigenvalue weighted by molar-refractivity contribution is 5.91. The van der Waals surface area contributed by atoms with Crippen molar-refractivity contribution in [1.82, 2.24) is 9.80 Å². The summed E-state index contributed by atoms with van der Waals surface area (Å²) < 4.78 is 11.4. The molecule has 0 aliphatic carbocycles. The fraction of sp³-hybridized carbons (Fsp3) is 0.421. The maximum Gasteiger partial charge on any atom is 0.289 e. The molecule has 1 amide bonds. The molecular weight excluding hydrogens is 320 g/mol. The van der Waals surface area contributed by atoms with Gasteiger partial charge >= 0.3 is 0 Å². The van der Waals surface area contributed by atoms with E-state index >= 15 is 0 Å². The van der Waals surface area contributed by atoms with E-state index in [1.54, 1.807) is 11.0 Å². The molecule has 0 spiro atoms. The number of nitrogens with zero attached hydrogens (tertiary/aromatic N) is 2. The Hall–Kier alpha value is -2.31. The van der Waals surface area contributed by atoms with Crippen LogP contribution in [-0.4, -0.2) is 60.1 Å². The number of β-amino-alcohol motifs (C(OH)–C–C–N with tert-alkyl or cyclic N) is 1. The topological polar surface area (TPSA) is 66.2 Å². The second-order valence-electron chi connectivity index (χ2n) is 6.15. The molecule has 1 aromatic heterocycles. The minimum absolute atomic E-state index is 0.0855. The van der Waals surface area contributed by atoms with Crippen molar-refractivity contribution >= 4 is 5.91 Å². The number of hydrogen-bond acceptors (Lipinski definition) is 5. The Morgan fingerprint density at radius 1 is 1.20 bits per heavy atom. The average molecular weight is 344 g/mol. The summed E-state index contributed by atoms with van der Waals surface area (Å²) in [6.45, 7) is 5.87. The molecule has 25 heavy (non-hydrogen) atoms. The average Bonchev–Trinajstić information content (AvgIpc) is 3.02. The number of aryl methyl sites for hydroxylation is 1. The van der Waals surface area contributed by atoms with E-state index in [0.29, 0.717) is 37.8 Å². The number of aliphatic hydroxyl groups is 1. The zero-order valence-electron chi connectivity index (χ0n) is 14.5. The van der Waals surface area contributed by atoms with Gasteiger partial charge in [-0.05, 0) is 25.1 Å². The van der Waals surface area contributed by atoms with Crippen LogP contribution in [0.1, 0.15) is 21.9 Å². The van der Waals surface area contributed by atoms with E-state index in [0.717, 1.165) is 24.4 Å². The zero-order valence-corrected chi connectivity index (χ0v) is 14.5. The van der Waals surface area contributed by atoms with Crippen LogP contribution >= 0.6 is 0 Å². The summed E-state index contributed by atoms with van der Waals surface area (Å²) in [4.78, 5) is 16.6. The van der Waals surface area contributed by atoms with Crippen molar-refractivity contribution in [2.24, 2.45) is 0 Å². The molecule has 1 saturated heterocycles. The summed E-state index contributed by atoms with van der Waals surface area (Å²) in [7, 11) is 0. The van der Waals surface area contributed by atoms with Gasteiger partial charge in [-0.1, -0.05) is 18.2 Å². The number of furan rings is 1. The van der Waals surface area contributed by atoms with Crippen LogP contribution < -0.4 is 4.74 Å². The molecule has 2 heterocycles. The summed E-state index contributed by atoms with van der Waals surface area (Å²) in [6.07, 6.45) is 0. The summed E-state index contributed by atoms with van der Waals surface area (Å²) in [5.74, 6) is 1.77. The lowest BCUT2D eigenvalue weighted by Gasteiger charge is -2.33. The predicted molar refractivity (Wildman–Crippen MR) is 93.6 cm³/mol. The van der Waals surface area contributed by atoms with Gasteiger partial charge in [0.2, 0.25) is 0 Å². The fourth-order valence-corrected chi connectivity index (χ4v) is 2.92. The van der Waals surface area contributed by atoms with Crippen LogP contribution in [0, 0.1) is 6.92 Å². The van der Waals surface area contributed by atoms with Gasteiger partial charge in [0.25, 0.3) is 5.91 Å². The van der Waals surface area contributed by atoms with Crippen LogP contribution in [0.2, 0.25) is 0 Å². The SMILES string of the molecule is Cc1oc(C(=O)N2CCN(CCO)CC2)cc1COc1ccccc1. The van der Waals surface area contributed by atoms with Crippen LogP contribution in [0.25, 0.3) is 0 Å². The number of ether oxygens (including phenoxy) is 1. The quantitative estimate of drug-likeness (QED) is 0.867. The number of amides is 1. The van der Waals surface area contributed by atoms with E-state index in [4.69, 9.17) is 14.3 Å². The summed E-state index contributed by atoms with van der Waals surface area (Å²) in [6, 6.07) is 11.3. The molecule has 1 aromatic carbocycles. The second kappa shape index (κ2) is 8.18. The highest BCUT2D eigenvalue weighted by Gasteiger charge is 2.25. The first-order valence-corrected chi connectivity index (χ1v) is 8.57. The van der Waals surface area contributed by atoms with Crippen molar-refractivity contribution in [2.45, 2.75) is 13.5 Å². The Morgan fingerprint density at radius 3 is 2.60 bits per heavy atom. The molecule has 1 aliphatic heterocycles. The number of carbonyl (C=O) groups excluding carboxylic acids is 1. The van der Waals surface area contributed by atoms with Crippen LogP contribution in [0.4, 0.5) is 0 Å². The summed E-state index contributed by atoms with van der Waals surface area (Å²) in [5.41, 5.74) is 0.881. The van der Waals surface area contributed by atoms with Gasteiger partial charge in [0.1, 0.15) is 18.1 Å². The molecule has 6 nitrogen and oxygen atoms in total. The molecule has 3 rings (SSSR count). The van der Waals surface area contributed by atoms with E-state index in [9.17, 15) is 4.79 Å². The third-order valence-corrected chi connectivity index (χ3v) is 4.44. The van der Waals surface area contributed by atoms with E-state index in [1.807, 2.05) is 37.3 Å². The first-order chi connectivity index (χ1) is 12.2. The normalized spacial score (nSPS) is 15.4. The monoisotopic (exact) mass is 344 g/mol. The van der Waals surface area contributed by atoms with Crippen molar-refractivity contribution in [3.8, 4) is 5.75 Å². The highest BCUT2D eigenvalue weighted by atomic mass is 16.5. The molecule has 6 heteroatoms. The van der Waals surface area contributed by atoms with Gasteiger partial charge in [-0.3, -0.25) is 9.69 Å². The molecule has 0 bridgehead atoms. The maximum atomic E-state index is 12.6. The third kappa shape index (κ3) is 4.41. The van der Waals surface area contributed by atoms with Crippen molar-refractivity contribution < 1.29 is 19.1 Å². The molecule has 2 aromatic rings. The number of hydrogen-bond donors (Lipinski definition) is 1. The standard InChI is InChI=1S/C19H24N2O4/c1-15-16(14-24-17-5-3-2-4-6-17)13-18(25-15)19(23)21-9-7-20(8-10-21)11-12-22/h2-6,13,22H,7-12,14H2,1H3. The molecule has 134 valence electrons. The minimum atomic E-state index is -0.0855. The smallest absolute Gasteiger partial charge is 0.289 e. The molecule has 1 fully saturated rings. The first kappa shape index (κ1) is 17.5. The molecule has 0 unspecified atom stereocenters. The third-order valence-electron chi connectivity index (χ3n) is 4.44. The Morgan fingerprint density at radius 2 is 1.92 bits per heavy atom. The van der Waals surface area contributed by atoms with Crippen LogP contribution in [0.15, 0.2) is 40.8 Å². The number of carbonyl (C=O) groups is 1. The minimum Gasteiger partial charge on any atom is -0.489 e. The Labute approximate surface area is 147 Å². The van der Waals surface area contributed by atoms with Gasteiger partial charge in [-0.2, -0.15) is 0 Å². The lowest BCUT2D eigenvalue weighted by atomic mass is 10.2. The molecule has 1 N–H and O–H groups in total. The van der Waals surface area contributed by atoms with Gasteiger partial charge in [0, 0.05) is 38.3 Å². The van der Waals surface area contributed by atoms with E-state index in [-0.39, 0.29) is 12.5 Å². The van der Waals surface area contributed by atoms with Gasteiger partial charge in [0.15, 0.2) is 5.76 Å². The van der Waals surface area contributed by atoms with Crippen molar-refractivity contribution in [2.75, 3.05) is 39.3 Å². The second-order valence-corrected chi connectivity index (χ2v) is 6.15. The van der Waals surface area contributed by atoms with E-state index in [1.165, 1.54) is 0 Å². The number of para-hydroxylation sites is 1. The largest absolute Gasteiger partial charge is 0.489 e. The summed E-state index contributed by atoms with van der Waals surface area (Å²) >= 11 is 0. The lowest BCUT2D eigenvalue weighted by Crippen LogP contribution is -2.49. The Kier molecular flexibility index (Phi) is 5.73. The van der Waals surface area contributed by atoms with Gasteiger partial charge in [-0.25, -0.2) is 0 Å². The lowest BCUT2D eigenvalue weighted by molar-refractivity contribution is 0.0584. The highest BCUT2D eigenvalue weighted by Crippen LogP contribution is 2.20. The number of benzene rings is 1. The molecular formula is C19H24N2O4. The Bertz CT molecular complexity index is 691. The molecule has 0 atom stereocenters. The van der Waals surface area contributed by atoms with Gasteiger partial charge < -0.3 is 19.2 Å². The zero-order chi connectivity index (χ0) is 17.6. The Balaban J connectivity index is 1.59.